The Balaban J connectivity index is 1.36. The predicted molar refractivity (Wildman–Crippen MR) is 146 cm³/mol. The van der Waals surface area contributed by atoms with Gasteiger partial charge in [-0.2, -0.15) is 5.10 Å². The molecule has 0 radical (unpaired) electrons. The van der Waals surface area contributed by atoms with E-state index < -0.39 is 6.04 Å². The number of carbonyl (C=O) groups is 2. The molecule has 0 saturated heterocycles. The predicted octanol–water partition coefficient (Wildman–Crippen LogP) is 5.58. The van der Waals surface area contributed by atoms with Crippen LogP contribution in [0.1, 0.15) is 88.2 Å². The molecule has 0 bridgehead atoms. The first kappa shape index (κ1) is 26.1. The molecule has 1 atom stereocenters. The standard InChI is InChI=1S/C30H37N5O3/c1-20-18-34(38)19-21(2)27(20)22-12-14-24(15-13-22)32-30(37)28(23-8-5-3-4-6-9-23)33-29(36)26-16-17-31-35(26)25-10-7-11-25/h12-19,23,25,28,38H,3-11H2,1-2H3,(H,33,36)/t28-/m0/s1. The summed E-state index contributed by atoms with van der Waals surface area (Å²) >= 11 is 0. The molecule has 5 rings (SSSR count). The average molecular weight is 516 g/mol. The number of allylic oxidation sites excluding steroid dienone is 8. The van der Waals surface area contributed by atoms with Gasteiger partial charge in [-0.25, -0.2) is 10.1 Å². The topological polar surface area (TPSA) is 99.8 Å². The van der Waals surface area contributed by atoms with E-state index in [0.29, 0.717) is 11.4 Å². The summed E-state index contributed by atoms with van der Waals surface area (Å²) in [6.45, 7) is 3.90. The molecule has 4 aliphatic rings. The highest BCUT2D eigenvalue weighted by atomic mass is 16.5. The minimum Gasteiger partial charge on any atom is -0.339 e. The van der Waals surface area contributed by atoms with Crippen molar-refractivity contribution in [3.8, 4) is 0 Å². The molecular weight excluding hydrogens is 478 g/mol. The SMILES string of the molecule is CC1=CN(O)C=C(C)C1=C1C=CC(=NC(=O)[C@@H](NC(=O)c2ccnn2C2CCC2)C2CCCCCC2)C=C1. The minimum absolute atomic E-state index is 0.0665. The molecule has 8 heteroatoms. The summed E-state index contributed by atoms with van der Waals surface area (Å²) in [4.78, 5) is 31.4. The molecule has 2 N–H and O–H groups in total. The van der Waals surface area contributed by atoms with Gasteiger partial charge in [-0.05, 0) is 92.4 Å². The number of amides is 2. The highest BCUT2D eigenvalue weighted by Crippen LogP contribution is 2.32. The molecule has 1 aromatic rings. The quantitative estimate of drug-likeness (QED) is 0.499. The van der Waals surface area contributed by atoms with Crippen LogP contribution in [0.25, 0.3) is 0 Å². The Labute approximate surface area is 224 Å². The molecular formula is C30H37N5O3. The Bertz CT molecular complexity index is 1230. The first-order chi connectivity index (χ1) is 18.4. The van der Waals surface area contributed by atoms with E-state index in [-0.39, 0.29) is 23.8 Å². The van der Waals surface area contributed by atoms with Crippen molar-refractivity contribution in [1.29, 1.82) is 0 Å². The molecule has 2 amide bonds. The average Bonchev–Trinajstić information content (AvgIpc) is 3.15. The van der Waals surface area contributed by atoms with E-state index in [9.17, 15) is 14.8 Å². The smallest absolute Gasteiger partial charge is 0.270 e. The number of hydrogen-bond acceptors (Lipinski definition) is 5. The van der Waals surface area contributed by atoms with Gasteiger partial charge in [0, 0.05) is 18.6 Å². The molecule has 2 saturated carbocycles. The van der Waals surface area contributed by atoms with Gasteiger partial charge < -0.3 is 5.32 Å². The maximum absolute atomic E-state index is 13.6. The summed E-state index contributed by atoms with van der Waals surface area (Å²) < 4.78 is 1.81. The van der Waals surface area contributed by atoms with E-state index in [1.807, 2.05) is 42.8 Å². The molecule has 0 spiro atoms. The third kappa shape index (κ3) is 5.65. The summed E-state index contributed by atoms with van der Waals surface area (Å²) in [6, 6.07) is 1.34. The lowest BCUT2D eigenvalue weighted by Crippen LogP contribution is -2.46. The van der Waals surface area contributed by atoms with Crippen molar-refractivity contribution in [1.82, 2.24) is 20.2 Å². The minimum atomic E-state index is -0.663. The van der Waals surface area contributed by atoms with Crippen LogP contribution in [0, 0.1) is 5.92 Å². The van der Waals surface area contributed by atoms with Gasteiger partial charge in [-0.3, -0.25) is 19.5 Å². The lowest BCUT2D eigenvalue weighted by atomic mass is 9.90. The van der Waals surface area contributed by atoms with E-state index in [2.05, 4.69) is 15.4 Å². The third-order valence-electron chi connectivity index (χ3n) is 8.08. The second-order valence-electron chi connectivity index (χ2n) is 10.8. The molecule has 8 nitrogen and oxygen atoms in total. The van der Waals surface area contributed by atoms with Crippen LogP contribution in [0.3, 0.4) is 0 Å². The van der Waals surface area contributed by atoms with Crippen LogP contribution in [0.15, 0.2) is 76.3 Å². The molecule has 1 aromatic heterocycles. The Hall–Kier alpha value is -3.52. The number of hydrogen-bond donors (Lipinski definition) is 2. The Morgan fingerprint density at radius 3 is 2.24 bits per heavy atom. The number of aliphatic imine (C=N–C) groups is 1. The van der Waals surface area contributed by atoms with E-state index in [4.69, 9.17) is 0 Å². The van der Waals surface area contributed by atoms with Crippen LogP contribution in [-0.4, -0.2) is 43.6 Å². The largest absolute Gasteiger partial charge is 0.339 e. The van der Waals surface area contributed by atoms with Crippen molar-refractivity contribution < 1.29 is 14.8 Å². The summed E-state index contributed by atoms with van der Waals surface area (Å²) in [6.07, 6.45) is 22.0. The van der Waals surface area contributed by atoms with Gasteiger partial charge in [0.2, 0.25) is 0 Å². The fraction of sp³-hybridized carbons (Fsp3) is 0.467. The lowest BCUT2D eigenvalue weighted by molar-refractivity contribution is -0.120. The number of nitrogens with zero attached hydrogens (tertiary/aromatic N) is 4. The Kier molecular flexibility index (Phi) is 7.88. The number of nitrogens with one attached hydrogen (secondary N) is 1. The number of carbonyl (C=O) groups excluding carboxylic acids is 2. The highest BCUT2D eigenvalue weighted by Gasteiger charge is 2.32. The maximum Gasteiger partial charge on any atom is 0.270 e. The van der Waals surface area contributed by atoms with Gasteiger partial charge >= 0.3 is 0 Å². The van der Waals surface area contributed by atoms with Gasteiger partial charge in [0.25, 0.3) is 11.8 Å². The van der Waals surface area contributed by atoms with Crippen molar-refractivity contribution >= 4 is 17.5 Å². The van der Waals surface area contributed by atoms with Gasteiger partial charge in [-0.1, -0.05) is 37.8 Å². The van der Waals surface area contributed by atoms with Crippen LogP contribution in [0.5, 0.6) is 0 Å². The second kappa shape index (κ2) is 11.5. The van der Waals surface area contributed by atoms with E-state index in [1.165, 1.54) is 0 Å². The normalized spacial score (nSPS) is 21.4. The first-order valence-electron chi connectivity index (χ1n) is 13.8. The number of rotatable bonds is 5. The fourth-order valence-electron chi connectivity index (χ4n) is 5.89. The van der Waals surface area contributed by atoms with Crippen molar-refractivity contribution in [2.24, 2.45) is 10.9 Å². The molecule has 2 fully saturated rings. The number of hydroxylamine groups is 2. The first-order valence-corrected chi connectivity index (χ1v) is 13.8. The van der Waals surface area contributed by atoms with Gasteiger partial charge in [0.1, 0.15) is 11.7 Å². The summed E-state index contributed by atoms with van der Waals surface area (Å²) in [5.74, 6) is -0.489. The molecule has 1 aliphatic heterocycles. The third-order valence-corrected chi connectivity index (χ3v) is 8.08. The monoisotopic (exact) mass is 515 g/mol. The molecule has 3 aliphatic carbocycles. The van der Waals surface area contributed by atoms with Crippen molar-refractivity contribution in [3.05, 3.63) is 77.0 Å². The van der Waals surface area contributed by atoms with Crippen LogP contribution < -0.4 is 5.32 Å². The van der Waals surface area contributed by atoms with Gasteiger partial charge in [0.15, 0.2) is 0 Å². The zero-order chi connectivity index (χ0) is 26.6. The van der Waals surface area contributed by atoms with Crippen molar-refractivity contribution in [3.63, 3.8) is 0 Å². The fourth-order valence-corrected chi connectivity index (χ4v) is 5.89. The summed E-state index contributed by atoms with van der Waals surface area (Å²) in [5, 5.41) is 18.3. The maximum atomic E-state index is 13.6. The zero-order valence-corrected chi connectivity index (χ0v) is 22.3. The van der Waals surface area contributed by atoms with Crippen LogP contribution in [0.2, 0.25) is 0 Å². The van der Waals surface area contributed by atoms with E-state index >= 15 is 0 Å². The molecule has 0 aromatic carbocycles. The van der Waals surface area contributed by atoms with Gasteiger partial charge in [-0.15, -0.1) is 0 Å². The zero-order valence-electron chi connectivity index (χ0n) is 22.3. The van der Waals surface area contributed by atoms with Crippen molar-refractivity contribution in [2.75, 3.05) is 0 Å². The molecule has 2 heterocycles. The van der Waals surface area contributed by atoms with E-state index in [1.54, 1.807) is 24.7 Å². The van der Waals surface area contributed by atoms with Crippen LogP contribution in [0.4, 0.5) is 0 Å². The number of aromatic nitrogens is 2. The lowest BCUT2D eigenvalue weighted by Gasteiger charge is -2.28. The Morgan fingerprint density at radius 1 is 0.974 bits per heavy atom. The molecule has 0 unspecified atom stereocenters. The molecule has 38 heavy (non-hydrogen) atoms. The van der Waals surface area contributed by atoms with E-state index in [0.717, 1.165) is 85.1 Å². The highest BCUT2D eigenvalue weighted by molar-refractivity contribution is 6.12. The Morgan fingerprint density at radius 2 is 1.63 bits per heavy atom. The van der Waals surface area contributed by atoms with Crippen molar-refractivity contribution in [2.45, 2.75) is 83.7 Å². The van der Waals surface area contributed by atoms with Crippen LogP contribution >= 0.6 is 0 Å². The second-order valence-corrected chi connectivity index (χ2v) is 10.8. The summed E-state index contributed by atoms with van der Waals surface area (Å²) in [7, 11) is 0. The summed E-state index contributed by atoms with van der Waals surface area (Å²) in [5.41, 5.74) is 5.01. The van der Waals surface area contributed by atoms with Gasteiger partial charge in [0.05, 0.1) is 11.8 Å². The molecule has 200 valence electrons. The van der Waals surface area contributed by atoms with Crippen LogP contribution in [-0.2, 0) is 4.79 Å².